The van der Waals surface area contributed by atoms with Crippen LogP contribution in [0.4, 0.5) is 0 Å². The SMILES string of the molecule is CC(C)n1nnnc1CCNS(=O)(=O)c1ccc(Cl)cc1. The fourth-order valence-corrected chi connectivity index (χ4v) is 2.93. The summed E-state index contributed by atoms with van der Waals surface area (Å²) in [6.45, 7) is 4.13. The van der Waals surface area contributed by atoms with Crippen LogP contribution in [0.5, 0.6) is 0 Å². The van der Waals surface area contributed by atoms with Gasteiger partial charge in [0.2, 0.25) is 10.0 Å². The largest absolute Gasteiger partial charge is 0.240 e. The van der Waals surface area contributed by atoms with Crippen LogP contribution in [0.1, 0.15) is 25.7 Å². The molecule has 114 valence electrons. The monoisotopic (exact) mass is 329 g/mol. The predicted octanol–water partition coefficient (Wildman–Crippen LogP) is 1.43. The summed E-state index contributed by atoms with van der Waals surface area (Å²) in [5, 5.41) is 11.8. The number of hydrogen-bond acceptors (Lipinski definition) is 5. The molecule has 0 aliphatic carbocycles. The number of hydrogen-bond donors (Lipinski definition) is 1. The summed E-state index contributed by atoms with van der Waals surface area (Å²) in [6, 6.07) is 6.12. The summed E-state index contributed by atoms with van der Waals surface area (Å²) in [6.07, 6.45) is 0.415. The minimum absolute atomic E-state index is 0.128. The van der Waals surface area contributed by atoms with Crippen molar-refractivity contribution in [2.75, 3.05) is 6.54 Å². The van der Waals surface area contributed by atoms with E-state index < -0.39 is 10.0 Å². The van der Waals surface area contributed by atoms with Gasteiger partial charge in [0.1, 0.15) is 0 Å². The molecule has 0 amide bonds. The number of nitrogens with zero attached hydrogens (tertiary/aromatic N) is 4. The number of benzene rings is 1. The van der Waals surface area contributed by atoms with E-state index in [1.807, 2.05) is 13.8 Å². The molecule has 1 aromatic heterocycles. The molecule has 2 aromatic rings. The molecule has 0 unspecified atom stereocenters. The first-order chi connectivity index (χ1) is 9.90. The maximum Gasteiger partial charge on any atom is 0.240 e. The molecule has 1 heterocycles. The van der Waals surface area contributed by atoms with E-state index in [1.165, 1.54) is 24.3 Å². The maximum absolute atomic E-state index is 12.1. The molecule has 0 saturated carbocycles. The van der Waals surface area contributed by atoms with Crippen molar-refractivity contribution in [2.24, 2.45) is 0 Å². The third kappa shape index (κ3) is 3.99. The Morgan fingerprint density at radius 2 is 1.95 bits per heavy atom. The molecule has 0 fully saturated rings. The van der Waals surface area contributed by atoms with Crippen molar-refractivity contribution in [3.05, 3.63) is 35.1 Å². The smallest absolute Gasteiger partial charge is 0.227 e. The van der Waals surface area contributed by atoms with Gasteiger partial charge in [-0.05, 0) is 48.5 Å². The number of sulfonamides is 1. The zero-order chi connectivity index (χ0) is 15.5. The number of aromatic nitrogens is 4. The highest BCUT2D eigenvalue weighted by atomic mass is 35.5. The minimum atomic E-state index is -3.55. The van der Waals surface area contributed by atoms with Crippen molar-refractivity contribution in [2.45, 2.75) is 31.2 Å². The van der Waals surface area contributed by atoms with E-state index in [2.05, 4.69) is 20.2 Å². The Morgan fingerprint density at radius 1 is 1.29 bits per heavy atom. The quantitative estimate of drug-likeness (QED) is 0.865. The van der Waals surface area contributed by atoms with Crippen LogP contribution in [0.15, 0.2) is 29.2 Å². The van der Waals surface area contributed by atoms with E-state index in [4.69, 9.17) is 11.6 Å². The summed E-state index contributed by atoms with van der Waals surface area (Å²) < 4.78 is 28.3. The molecular formula is C12H16ClN5O2S. The van der Waals surface area contributed by atoms with Crippen molar-refractivity contribution in [1.29, 1.82) is 0 Å². The van der Waals surface area contributed by atoms with Crippen molar-refractivity contribution < 1.29 is 8.42 Å². The second kappa shape index (κ2) is 6.50. The lowest BCUT2D eigenvalue weighted by atomic mass is 10.3. The molecule has 7 nitrogen and oxygen atoms in total. The highest BCUT2D eigenvalue weighted by molar-refractivity contribution is 7.89. The topological polar surface area (TPSA) is 89.8 Å². The van der Waals surface area contributed by atoms with Gasteiger partial charge < -0.3 is 0 Å². The first-order valence-electron chi connectivity index (χ1n) is 6.42. The zero-order valence-electron chi connectivity index (χ0n) is 11.7. The molecule has 0 aliphatic rings. The molecule has 0 saturated heterocycles. The number of tetrazole rings is 1. The molecule has 0 bridgehead atoms. The Labute approximate surface area is 128 Å². The van der Waals surface area contributed by atoms with Crippen LogP contribution in [-0.2, 0) is 16.4 Å². The molecule has 1 aromatic carbocycles. The lowest BCUT2D eigenvalue weighted by Gasteiger charge is -2.09. The Bertz CT molecular complexity index is 697. The fourth-order valence-electron chi connectivity index (χ4n) is 1.77. The van der Waals surface area contributed by atoms with Gasteiger partial charge in [-0.25, -0.2) is 17.8 Å². The Morgan fingerprint density at radius 3 is 2.57 bits per heavy atom. The summed E-state index contributed by atoms with van der Waals surface area (Å²) in [5.74, 6) is 0.642. The Kier molecular flexibility index (Phi) is 4.92. The van der Waals surface area contributed by atoms with E-state index in [0.29, 0.717) is 17.3 Å². The second-order valence-electron chi connectivity index (χ2n) is 4.74. The minimum Gasteiger partial charge on any atom is -0.227 e. The average molecular weight is 330 g/mol. The number of rotatable bonds is 6. The van der Waals surface area contributed by atoms with Crippen LogP contribution in [0, 0.1) is 0 Å². The molecule has 1 N–H and O–H groups in total. The summed E-state index contributed by atoms with van der Waals surface area (Å²) in [7, 11) is -3.55. The summed E-state index contributed by atoms with van der Waals surface area (Å²) in [5.41, 5.74) is 0. The molecular weight excluding hydrogens is 314 g/mol. The molecule has 0 radical (unpaired) electrons. The normalized spacial score (nSPS) is 12.0. The van der Waals surface area contributed by atoms with E-state index in [9.17, 15) is 8.42 Å². The summed E-state index contributed by atoms with van der Waals surface area (Å²) in [4.78, 5) is 0.176. The molecule has 0 aliphatic heterocycles. The summed E-state index contributed by atoms with van der Waals surface area (Å²) >= 11 is 5.74. The third-order valence-corrected chi connectivity index (χ3v) is 4.54. The van der Waals surface area contributed by atoms with E-state index in [1.54, 1.807) is 4.68 Å². The highest BCUT2D eigenvalue weighted by Crippen LogP contribution is 2.13. The standard InChI is InChI=1S/C12H16ClN5O2S/c1-9(2)18-12(15-16-17-18)7-8-14-21(19,20)11-5-3-10(13)4-6-11/h3-6,9,14H,7-8H2,1-2H3. The van der Waals surface area contributed by atoms with Gasteiger partial charge in [-0.2, -0.15) is 0 Å². The van der Waals surface area contributed by atoms with Gasteiger partial charge in [-0.1, -0.05) is 11.6 Å². The average Bonchev–Trinajstić information content (AvgIpc) is 2.87. The Balaban J connectivity index is 1.99. The van der Waals surface area contributed by atoms with Gasteiger partial charge in [-0.15, -0.1) is 5.10 Å². The van der Waals surface area contributed by atoms with Crippen LogP contribution in [0.2, 0.25) is 5.02 Å². The van der Waals surface area contributed by atoms with E-state index in [0.717, 1.165) is 0 Å². The van der Waals surface area contributed by atoms with E-state index in [-0.39, 0.29) is 17.5 Å². The second-order valence-corrected chi connectivity index (χ2v) is 6.94. The van der Waals surface area contributed by atoms with Crippen LogP contribution in [0.25, 0.3) is 0 Å². The molecule has 0 atom stereocenters. The first-order valence-corrected chi connectivity index (χ1v) is 8.28. The molecule has 9 heteroatoms. The van der Waals surface area contributed by atoms with Crippen LogP contribution >= 0.6 is 11.6 Å². The Hall–Kier alpha value is -1.51. The van der Waals surface area contributed by atoms with Crippen LogP contribution in [-0.4, -0.2) is 35.2 Å². The van der Waals surface area contributed by atoms with Crippen molar-refractivity contribution in [3.8, 4) is 0 Å². The van der Waals surface area contributed by atoms with Gasteiger partial charge >= 0.3 is 0 Å². The number of nitrogens with one attached hydrogen (secondary N) is 1. The fraction of sp³-hybridized carbons (Fsp3) is 0.417. The maximum atomic E-state index is 12.1. The molecule has 21 heavy (non-hydrogen) atoms. The van der Waals surface area contributed by atoms with Crippen LogP contribution < -0.4 is 4.72 Å². The van der Waals surface area contributed by atoms with Crippen LogP contribution in [0.3, 0.4) is 0 Å². The van der Waals surface area contributed by atoms with Gasteiger partial charge in [0.15, 0.2) is 5.82 Å². The van der Waals surface area contributed by atoms with Crippen molar-refractivity contribution in [3.63, 3.8) is 0 Å². The van der Waals surface area contributed by atoms with Crippen molar-refractivity contribution >= 4 is 21.6 Å². The van der Waals surface area contributed by atoms with E-state index >= 15 is 0 Å². The number of halogens is 1. The zero-order valence-corrected chi connectivity index (χ0v) is 13.3. The van der Waals surface area contributed by atoms with Crippen molar-refractivity contribution in [1.82, 2.24) is 24.9 Å². The lowest BCUT2D eigenvalue weighted by Crippen LogP contribution is -2.27. The predicted molar refractivity (Wildman–Crippen MR) is 78.5 cm³/mol. The first kappa shape index (κ1) is 15.9. The van der Waals surface area contributed by atoms with Gasteiger partial charge in [0.05, 0.1) is 10.9 Å². The molecule has 0 spiro atoms. The van der Waals surface area contributed by atoms with Gasteiger partial charge in [0.25, 0.3) is 0 Å². The lowest BCUT2D eigenvalue weighted by molar-refractivity contribution is 0.492. The molecule has 2 rings (SSSR count). The van der Waals surface area contributed by atoms with Gasteiger partial charge in [-0.3, -0.25) is 0 Å². The third-order valence-electron chi connectivity index (χ3n) is 2.81. The highest BCUT2D eigenvalue weighted by Gasteiger charge is 2.15. The van der Waals surface area contributed by atoms with Gasteiger partial charge in [0, 0.05) is 18.0 Å².